The maximum Gasteiger partial charge on any atom is 0.304 e. The molecule has 1 heterocycles. The molecule has 0 radical (unpaired) electrons. The third-order valence-electron chi connectivity index (χ3n) is 5.06. The average molecular weight is 419 g/mol. The number of hydrogen-bond acceptors (Lipinski definition) is 2. The van der Waals surface area contributed by atoms with E-state index in [1.165, 1.54) is 0 Å². The zero-order chi connectivity index (χ0) is 21.1. The standard InChI is InChI=1S/C24H20ClN3O2/c1-16-11-13-18(14-12-16)23(29)26-21-22(17-7-3-2-4-8-17)28(27-24(21)30)15-19-9-5-6-10-20(19)25/h2-15,21-22H,1H3,(H-,26,27,29,30)/p+1/b28-15-/t21-,22+/m0/s1. The molecule has 1 aliphatic heterocycles. The fourth-order valence-electron chi connectivity index (χ4n) is 3.49. The second-order valence-electron chi connectivity index (χ2n) is 7.21. The van der Waals surface area contributed by atoms with E-state index in [0.717, 1.165) is 16.7 Å². The fourth-order valence-corrected chi connectivity index (χ4v) is 3.67. The second kappa shape index (κ2) is 8.51. The molecule has 0 aromatic heterocycles. The lowest BCUT2D eigenvalue weighted by molar-refractivity contribution is -0.596. The van der Waals surface area contributed by atoms with Crippen LogP contribution in [-0.2, 0) is 4.79 Å². The van der Waals surface area contributed by atoms with Gasteiger partial charge in [0, 0.05) is 11.1 Å². The highest BCUT2D eigenvalue weighted by Crippen LogP contribution is 2.26. The summed E-state index contributed by atoms with van der Waals surface area (Å²) in [6.45, 7) is 1.96. The van der Waals surface area contributed by atoms with Crippen LogP contribution in [0.4, 0.5) is 0 Å². The van der Waals surface area contributed by atoms with Gasteiger partial charge in [0.25, 0.3) is 5.91 Å². The minimum absolute atomic E-state index is 0.285. The van der Waals surface area contributed by atoms with Gasteiger partial charge in [-0.2, -0.15) is 0 Å². The maximum atomic E-state index is 12.8. The summed E-state index contributed by atoms with van der Waals surface area (Å²) in [7, 11) is 0. The molecule has 0 unspecified atom stereocenters. The monoisotopic (exact) mass is 418 g/mol. The quantitative estimate of drug-likeness (QED) is 0.635. The van der Waals surface area contributed by atoms with E-state index in [1.807, 2.05) is 67.6 Å². The van der Waals surface area contributed by atoms with Gasteiger partial charge < -0.3 is 5.32 Å². The van der Waals surface area contributed by atoms with Gasteiger partial charge >= 0.3 is 5.91 Å². The van der Waals surface area contributed by atoms with Gasteiger partial charge in [0.2, 0.25) is 12.3 Å². The van der Waals surface area contributed by atoms with Gasteiger partial charge in [0.05, 0.1) is 10.6 Å². The van der Waals surface area contributed by atoms with Crippen molar-refractivity contribution in [1.29, 1.82) is 0 Å². The molecule has 1 fully saturated rings. The first-order valence-electron chi connectivity index (χ1n) is 9.63. The largest absolute Gasteiger partial charge is 0.334 e. The number of hydrogen-bond donors (Lipinski definition) is 2. The molecule has 150 valence electrons. The van der Waals surface area contributed by atoms with Gasteiger partial charge in [-0.3, -0.25) is 9.59 Å². The molecule has 2 amide bonds. The zero-order valence-electron chi connectivity index (χ0n) is 16.4. The lowest BCUT2D eigenvalue weighted by atomic mass is 9.99. The van der Waals surface area contributed by atoms with Crippen LogP contribution in [0.15, 0.2) is 78.9 Å². The number of hydrazone groups is 1. The molecule has 6 heteroatoms. The molecule has 1 aliphatic rings. The summed E-state index contributed by atoms with van der Waals surface area (Å²) in [4.78, 5) is 25.7. The summed E-state index contributed by atoms with van der Waals surface area (Å²) in [6, 6.07) is 23.0. The van der Waals surface area contributed by atoms with Gasteiger partial charge in [-0.05, 0) is 31.2 Å². The van der Waals surface area contributed by atoms with E-state index in [4.69, 9.17) is 11.6 Å². The zero-order valence-corrected chi connectivity index (χ0v) is 17.1. The van der Waals surface area contributed by atoms with Crippen molar-refractivity contribution in [1.82, 2.24) is 10.7 Å². The Labute approximate surface area is 180 Å². The Morgan fingerprint density at radius 3 is 2.37 bits per heavy atom. The van der Waals surface area contributed by atoms with E-state index in [0.29, 0.717) is 10.6 Å². The highest BCUT2D eigenvalue weighted by atomic mass is 35.5. The number of carbonyl (C=O) groups excluding carboxylic acids is 2. The molecule has 4 rings (SSSR count). The van der Waals surface area contributed by atoms with E-state index in [-0.39, 0.29) is 11.8 Å². The molecule has 0 saturated carbocycles. The Bertz CT molecular complexity index is 1110. The van der Waals surface area contributed by atoms with Gasteiger partial charge in [-0.15, -0.1) is 10.1 Å². The van der Waals surface area contributed by atoms with Crippen LogP contribution in [0.25, 0.3) is 0 Å². The summed E-state index contributed by atoms with van der Waals surface area (Å²) in [6.07, 6.45) is 1.79. The van der Waals surface area contributed by atoms with Crippen molar-refractivity contribution in [3.63, 3.8) is 0 Å². The number of nitrogens with one attached hydrogen (secondary N) is 2. The molecule has 0 aliphatic carbocycles. The first kappa shape index (κ1) is 19.9. The van der Waals surface area contributed by atoms with E-state index in [2.05, 4.69) is 10.7 Å². The number of benzene rings is 3. The molecule has 30 heavy (non-hydrogen) atoms. The van der Waals surface area contributed by atoms with E-state index < -0.39 is 12.1 Å². The summed E-state index contributed by atoms with van der Waals surface area (Å²) in [5.74, 6) is -0.580. The van der Waals surface area contributed by atoms with Crippen LogP contribution in [0.5, 0.6) is 0 Å². The minimum atomic E-state index is -0.764. The number of halogens is 1. The SMILES string of the molecule is Cc1ccc(C(=O)N[C@@H]2C(=O)N/[N+](=C\c3ccccc3Cl)[C@@H]2c2ccccc2)cc1. The van der Waals surface area contributed by atoms with Crippen LogP contribution in [-0.4, -0.2) is 28.8 Å². The van der Waals surface area contributed by atoms with Crippen LogP contribution < -0.4 is 10.7 Å². The summed E-state index contributed by atoms with van der Waals surface area (Å²) < 4.78 is 1.71. The Balaban J connectivity index is 1.70. The lowest BCUT2D eigenvalue weighted by Crippen LogP contribution is -2.42. The van der Waals surface area contributed by atoms with E-state index in [1.54, 1.807) is 29.1 Å². The van der Waals surface area contributed by atoms with Crippen molar-refractivity contribution in [3.05, 3.63) is 106 Å². The third-order valence-corrected chi connectivity index (χ3v) is 5.41. The molecule has 0 spiro atoms. The number of hydrazine groups is 1. The van der Waals surface area contributed by atoms with Crippen molar-refractivity contribution in [2.75, 3.05) is 0 Å². The molecular formula is C24H21ClN3O2+. The Morgan fingerprint density at radius 1 is 1.00 bits per heavy atom. The van der Waals surface area contributed by atoms with Gasteiger partial charge in [0.15, 0.2) is 6.04 Å². The van der Waals surface area contributed by atoms with Gasteiger partial charge in [-0.1, -0.05) is 71.8 Å². The number of carbonyl (C=O) groups is 2. The Morgan fingerprint density at radius 2 is 1.67 bits per heavy atom. The molecule has 5 nitrogen and oxygen atoms in total. The highest BCUT2D eigenvalue weighted by Gasteiger charge is 2.47. The minimum Gasteiger partial charge on any atom is -0.334 e. The molecule has 1 saturated heterocycles. The van der Waals surface area contributed by atoms with Crippen molar-refractivity contribution in [2.45, 2.75) is 19.0 Å². The fraction of sp³-hybridized carbons (Fsp3) is 0.125. The Hall–Kier alpha value is -3.44. The molecule has 2 atom stereocenters. The number of nitrogens with zero attached hydrogens (tertiary/aromatic N) is 1. The van der Waals surface area contributed by atoms with Gasteiger partial charge in [0.1, 0.15) is 0 Å². The van der Waals surface area contributed by atoms with Crippen LogP contribution in [0.3, 0.4) is 0 Å². The summed E-state index contributed by atoms with van der Waals surface area (Å²) in [5, 5.41) is 3.47. The van der Waals surface area contributed by atoms with Crippen LogP contribution in [0.1, 0.15) is 33.1 Å². The van der Waals surface area contributed by atoms with Crippen molar-refractivity contribution >= 4 is 29.6 Å². The van der Waals surface area contributed by atoms with Crippen molar-refractivity contribution in [2.24, 2.45) is 0 Å². The smallest absolute Gasteiger partial charge is 0.304 e. The predicted octanol–water partition coefficient (Wildman–Crippen LogP) is 3.66. The molecular weight excluding hydrogens is 398 g/mol. The normalized spacial score (nSPS) is 19.5. The first-order valence-corrected chi connectivity index (χ1v) is 10.0. The van der Waals surface area contributed by atoms with Gasteiger partial charge in [-0.25, -0.2) is 0 Å². The molecule has 3 aromatic carbocycles. The van der Waals surface area contributed by atoms with Crippen LogP contribution in [0.2, 0.25) is 5.02 Å². The molecule has 2 N–H and O–H groups in total. The maximum absolute atomic E-state index is 12.8. The lowest BCUT2D eigenvalue weighted by Gasteiger charge is -2.14. The van der Waals surface area contributed by atoms with E-state index in [9.17, 15) is 9.59 Å². The van der Waals surface area contributed by atoms with Crippen LogP contribution >= 0.6 is 11.6 Å². The average Bonchev–Trinajstić information content (AvgIpc) is 3.05. The van der Waals surface area contributed by atoms with Crippen molar-refractivity contribution < 1.29 is 14.3 Å². The van der Waals surface area contributed by atoms with Crippen molar-refractivity contribution in [3.8, 4) is 0 Å². The molecule has 0 bridgehead atoms. The topological polar surface area (TPSA) is 61.2 Å². The predicted molar refractivity (Wildman–Crippen MR) is 117 cm³/mol. The number of rotatable bonds is 4. The second-order valence-corrected chi connectivity index (χ2v) is 7.61. The third kappa shape index (κ3) is 4.11. The number of amides is 2. The highest BCUT2D eigenvalue weighted by molar-refractivity contribution is 6.32. The number of aryl methyl sites for hydroxylation is 1. The van der Waals surface area contributed by atoms with E-state index >= 15 is 0 Å². The summed E-state index contributed by atoms with van der Waals surface area (Å²) >= 11 is 6.31. The first-order chi connectivity index (χ1) is 14.5. The van der Waals surface area contributed by atoms with Crippen LogP contribution in [0, 0.1) is 6.92 Å². The molecule has 3 aromatic rings. The summed E-state index contributed by atoms with van der Waals surface area (Å²) in [5.41, 5.74) is 6.10. The Kier molecular flexibility index (Phi) is 5.63.